The summed E-state index contributed by atoms with van der Waals surface area (Å²) in [4.78, 5) is 0. The van der Waals surface area contributed by atoms with Crippen molar-refractivity contribution < 1.29 is 4.42 Å². The lowest BCUT2D eigenvalue weighted by molar-refractivity contribution is 0.673. The number of rotatable bonds is 3. The molecule has 0 radical (unpaired) electrons. The van der Waals surface area contributed by atoms with Crippen molar-refractivity contribution >= 4 is 65.6 Å². The predicted molar refractivity (Wildman–Crippen MR) is 202 cm³/mol. The van der Waals surface area contributed by atoms with Gasteiger partial charge in [0.1, 0.15) is 17.2 Å². The Hall–Kier alpha value is -7.59. The summed E-state index contributed by atoms with van der Waals surface area (Å²) in [5.41, 5.74) is 10.3. The lowest BCUT2D eigenvalue weighted by Gasteiger charge is -2.13. The number of fused-ring (bicyclic) bond motifs is 12. The molecule has 0 saturated heterocycles. The first-order valence-corrected chi connectivity index (χ1v) is 16.5. The summed E-state index contributed by atoms with van der Waals surface area (Å²) in [6.07, 6.45) is 0. The van der Waals surface area contributed by atoms with Crippen molar-refractivity contribution in [1.29, 1.82) is 15.8 Å². The maximum absolute atomic E-state index is 10.7. The standard InChI is InChI=1S/C45H23N5O/c46-24-27-9-7-11-29(21-27)30-19-20-36(31(23-30)26-48)50-38-17-5-2-14-34(38)41-44(50)40-33-13-1-4-16-37(33)49(32-12-8-10-28(22-32)25-47)43(40)42-35-15-3-6-18-39(35)51-45(41)42/h1-23H. The number of nitriles is 3. The molecule has 0 N–H and O–H groups in total. The predicted octanol–water partition coefficient (Wildman–Crippen LogP) is 11.1. The number of nitrogens with zero attached hydrogens (tertiary/aromatic N) is 5. The summed E-state index contributed by atoms with van der Waals surface area (Å²) < 4.78 is 11.3. The van der Waals surface area contributed by atoms with Crippen LogP contribution in [0.15, 0.2) is 144 Å². The Balaban J connectivity index is 1.45. The molecule has 0 aliphatic rings. The van der Waals surface area contributed by atoms with E-state index in [-0.39, 0.29) is 0 Å². The molecule has 0 aliphatic carbocycles. The van der Waals surface area contributed by atoms with Crippen molar-refractivity contribution in [3.05, 3.63) is 156 Å². The lowest BCUT2D eigenvalue weighted by atomic mass is 10.00. The summed E-state index contributed by atoms with van der Waals surface area (Å²) in [6, 6.07) is 52.8. The molecule has 10 aromatic rings. The van der Waals surface area contributed by atoms with E-state index < -0.39 is 0 Å². The van der Waals surface area contributed by atoms with Gasteiger partial charge < -0.3 is 13.6 Å². The van der Waals surface area contributed by atoms with Crippen molar-refractivity contribution in [2.75, 3.05) is 0 Å². The third-order valence-corrected chi connectivity index (χ3v) is 9.96. The molecule has 0 aliphatic heterocycles. The van der Waals surface area contributed by atoms with E-state index in [4.69, 9.17) is 4.42 Å². The summed E-state index contributed by atoms with van der Waals surface area (Å²) >= 11 is 0. The van der Waals surface area contributed by atoms with Crippen molar-refractivity contribution in [3.8, 4) is 40.7 Å². The third kappa shape index (κ3) is 3.95. The van der Waals surface area contributed by atoms with Gasteiger partial charge in [0.05, 0.1) is 67.4 Å². The second-order valence-electron chi connectivity index (χ2n) is 12.7. The van der Waals surface area contributed by atoms with Gasteiger partial charge in [-0.3, -0.25) is 0 Å². The topological polar surface area (TPSA) is 94.4 Å². The average Bonchev–Trinajstić information content (AvgIpc) is 3.85. The van der Waals surface area contributed by atoms with Gasteiger partial charge in [-0.15, -0.1) is 0 Å². The zero-order valence-corrected chi connectivity index (χ0v) is 26.9. The SMILES string of the molecule is N#Cc1cccc(-c2ccc(-n3c4ccccc4c4c5oc6ccccc6c5c5c(c6ccccc6n5-c5cccc(C#N)c5)c43)c(C#N)c2)c1. The van der Waals surface area contributed by atoms with Crippen LogP contribution in [-0.4, -0.2) is 9.13 Å². The fourth-order valence-corrected chi connectivity index (χ4v) is 7.88. The summed E-state index contributed by atoms with van der Waals surface area (Å²) in [5.74, 6) is 0. The Labute approximate surface area is 291 Å². The molecule has 6 nitrogen and oxygen atoms in total. The number of furan rings is 1. The van der Waals surface area contributed by atoms with Crippen LogP contribution in [0.2, 0.25) is 0 Å². The minimum Gasteiger partial charge on any atom is -0.455 e. The fraction of sp³-hybridized carbons (Fsp3) is 0. The molecule has 10 rings (SSSR count). The first kappa shape index (κ1) is 28.4. The molecule has 0 atom stereocenters. The highest BCUT2D eigenvalue weighted by molar-refractivity contribution is 6.39. The van der Waals surface area contributed by atoms with Crippen LogP contribution in [0.5, 0.6) is 0 Å². The third-order valence-electron chi connectivity index (χ3n) is 9.96. The van der Waals surface area contributed by atoms with E-state index in [9.17, 15) is 15.8 Å². The second-order valence-corrected chi connectivity index (χ2v) is 12.7. The maximum Gasteiger partial charge on any atom is 0.147 e. The molecule has 0 spiro atoms. The summed E-state index contributed by atoms with van der Waals surface area (Å²) in [6.45, 7) is 0. The first-order chi connectivity index (χ1) is 25.2. The zero-order chi connectivity index (χ0) is 34.2. The number of hydrogen-bond acceptors (Lipinski definition) is 4. The van der Waals surface area contributed by atoms with Crippen molar-refractivity contribution in [1.82, 2.24) is 9.13 Å². The number of para-hydroxylation sites is 3. The molecule has 0 bridgehead atoms. The van der Waals surface area contributed by atoms with Crippen LogP contribution in [0.1, 0.15) is 16.7 Å². The number of benzene rings is 7. The van der Waals surface area contributed by atoms with E-state index in [1.54, 1.807) is 6.07 Å². The number of aromatic nitrogens is 2. The second kappa shape index (κ2) is 10.7. The molecule has 0 fully saturated rings. The van der Waals surface area contributed by atoms with E-state index in [1.165, 1.54) is 0 Å². The molecule has 0 amide bonds. The minimum atomic E-state index is 0.501. The molecule has 7 aromatic carbocycles. The molecular weight excluding hydrogens is 627 g/mol. The van der Waals surface area contributed by atoms with Crippen molar-refractivity contribution in [2.45, 2.75) is 0 Å². The molecule has 51 heavy (non-hydrogen) atoms. The van der Waals surface area contributed by atoms with Crippen LogP contribution >= 0.6 is 0 Å². The van der Waals surface area contributed by atoms with Gasteiger partial charge in [-0.05, 0) is 71.8 Å². The highest BCUT2D eigenvalue weighted by Crippen LogP contribution is 2.49. The van der Waals surface area contributed by atoms with Gasteiger partial charge in [0.15, 0.2) is 0 Å². The van der Waals surface area contributed by atoms with Crippen LogP contribution in [0, 0.1) is 34.0 Å². The van der Waals surface area contributed by atoms with E-state index in [0.717, 1.165) is 88.1 Å². The van der Waals surface area contributed by atoms with Gasteiger partial charge in [-0.25, -0.2) is 0 Å². The average molecular weight is 650 g/mol. The zero-order valence-electron chi connectivity index (χ0n) is 26.9. The summed E-state index contributed by atoms with van der Waals surface area (Å²) in [7, 11) is 0. The van der Waals surface area contributed by atoms with Gasteiger partial charge >= 0.3 is 0 Å². The Morgan fingerprint density at radius 2 is 1.08 bits per heavy atom. The maximum atomic E-state index is 10.7. The molecular formula is C45H23N5O. The Bertz CT molecular complexity index is 3240. The van der Waals surface area contributed by atoms with E-state index in [1.807, 2.05) is 97.1 Å². The monoisotopic (exact) mass is 649 g/mol. The Morgan fingerprint density at radius 1 is 0.471 bits per heavy atom. The van der Waals surface area contributed by atoms with E-state index in [2.05, 4.69) is 63.7 Å². The van der Waals surface area contributed by atoms with Crippen molar-refractivity contribution in [3.63, 3.8) is 0 Å². The lowest BCUT2D eigenvalue weighted by Crippen LogP contribution is -1.99. The van der Waals surface area contributed by atoms with E-state index in [0.29, 0.717) is 16.7 Å². The van der Waals surface area contributed by atoms with Crippen LogP contribution in [0.25, 0.3) is 88.1 Å². The van der Waals surface area contributed by atoms with Crippen LogP contribution in [-0.2, 0) is 0 Å². The Morgan fingerprint density at radius 3 is 1.84 bits per heavy atom. The first-order valence-electron chi connectivity index (χ1n) is 16.5. The molecule has 234 valence electrons. The van der Waals surface area contributed by atoms with Crippen molar-refractivity contribution in [2.24, 2.45) is 0 Å². The molecule has 0 saturated carbocycles. The highest BCUT2D eigenvalue weighted by Gasteiger charge is 2.28. The van der Waals surface area contributed by atoms with Crippen LogP contribution in [0.3, 0.4) is 0 Å². The normalized spacial score (nSPS) is 11.5. The molecule has 3 aromatic heterocycles. The van der Waals surface area contributed by atoms with Gasteiger partial charge in [0.2, 0.25) is 0 Å². The van der Waals surface area contributed by atoms with E-state index >= 15 is 0 Å². The van der Waals surface area contributed by atoms with Crippen LogP contribution < -0.4 is 0 Å². The van der Waals surface area contributed by atoms with Gasteiger partial charge in [-0.1, -0.05) is 78.9 Å². The molecule has 3 heterocycles. The quantitative estimate of drug-likeness (QED) is 0.190. The largest absolute Gasteiger partial charge is 0.455 e. The minimum absolute atomic E-state index is 0.501. The van der Waals surface area contributed by atoms with Crippen LogP contribution in [0.4, 0.5) is 0 Å². The highest BCUT2D eigenvalue weighted by atomic mass is 16.3. The summed E-state index contributed by atoms with van der Waals surface area (Å²) in [5, 5.41) is 36.2. The molecule has 0 unspecified atom stereocenters. The van der Waals surface area contributed by atoms with Gasteiger partial charge in [-0.2, -0.15) is 15.8 Å². The fourth-order valence-electron chi connectivity index (χ4n) is 7.88. The number of hydrogen-bond donors (Lipinski definition) is 0. The molecule has 6 heteroatoms. The van der Waals surface area contributed by atoms with Gasteiger partial charge in [0, 0.05) is 27.2 Å². The smallest absolute Gasteiger partial charge is 0.147 e. The van der Waals surface area contributed by atoms with Gasteiger partial charge in [0.25, 0.3) is 0 Å². The Kier molecular flexibility index (Phi) is 5.97.